The van der Waals surface area contributed by atoms with Crippen molar-refractivity contribution in [2.75, 3.05) is 0 Å². The van der Waals surface area contributed by atoms with E-state index < -0.39 is 5.95 Å². The van der Waals surface area contributed by atoms with Crippen LogP contribution >= 0.6 is 0 Å². The highest BCUT2D eigenvalue weighted by atomic mass is 19.1. The Bertz CT molecular complexity index is 194. The predicted octanol–water partition coefficient (Wildman–Crippen LogP) is 2.63. The summed E-state index contributed by atoms with van der Waals surface area (Å²) in [6.45, 7) is 7.90. The van der Waals surface area contributed by atoms with Gasteiger partial charge in [0.25, 0.3) is 0 Å². The van der Waals surface area contributed by atoms with Crippen LogP contribution in [0.15, 0.2) is 12.3 Å². The number of hydrogen-bond donors (Lipinski definition) is 0. The molecule has 0 unspecified atom stereocenters. The summed E-state index contributed by atoms with van der Waals surface area (Å²) in [7, 11) is 0. The summed E-state index contributed by atoms with van der Waals surface area (Å²) < 4.78 is 13.7. The summed E-state index contributed by atoms with van der Waals surface area (Å²) in [6.07, 6.45) is 1.62. The predicted molar refractivity (Wildman–Crippen MR) is 43.9 cm³/mol. The topological polar surface area (TPSA) is 17.8 Å². The van der Waals surface area contributed by atoms with Crippen molar-refractivity contribution >= 4 is 0 Å². The molecule has 0 aliphatic heterocycles. The van der Waals surface area contributed by atoms with E-state index in [0.717, 1.165) is 0 Å². The molecule has 0 bridgehead atoms. The van der Waals surface area contributed by atoms with Crippen molar-refractivity contribution in [1.82, 2.24) is 9.78 Å². The van der Waals surface area contributed by atoms with Crippen LogP contribution in [0, 0.1) is 5.95 Å². The van der Waals surface area contributed by atoms with E-state index in [1.807, 2.05) is 27.7 Å². The van der Waals surface area contributed by atoms with E-state index in [1.165, 1.54) is 6.07 Å². The van der Waals surface area contributed by atoms with Gasteiger partial charge < -0.3 is 0 Å². The maximum Gasteiger partial charge on any atom is 0.232 e. The fourth-order valence-corrected chi connectivity index (χ4v) is 0.602. The Labute approximate surface area is 67.0 Å². The van der Waals surface area contributed by atoms with Crippen molar-refractivity contribution in [3.05, 3.63) is 18.2 Å². The monoisotopic (exact) mass is 158 g/mol. The van der Waals surface area contributed by atoms with E-state index in [1.54, 1.807) is 10.9 Å². The number of aromatic nitrogens is 2. The molecule has 0 saturated carbocycles. The van der Waals surface area contributed by atoms with E-state index in [9.17, 15) is 4.39 Å². The lowest BCUT2D eigenvalue weighted by atomic mass is 10.4. The van der Waals surface area contributed by atoms with Crippen LogP contribution in [0.5, 0.6) is 0 Å². The van der Waals surface area contributed by atoms with Gasteiger partial charge in [-0.05, 0) is 13.8 Å². The van der Waals surface area contributed by atoms with Gasteiger partial charge in [-0.1, -0.05) is 13.8 Å². The Balaban J connectivity index is 0.000000461. The zero-order valence-corrected chi connectivity index (χ0v) is 7.50. The van der Waals surface area contributed by atoms with Crippen LogP contribution in [0.4, 0.5) is 4.39 Å². The summed E-state index contributed by atoms with van der Waals surface area (Å²) >= 11 is 0. The van der Waals surface area contributed by atoms with Crippen molar-refractivity contribution in [2.45, 2.75) is 33.7 Å². The molecule has 1 aromatic rings. The van der Waals surface area contributed by atoms with E-state index in [2.05, 4.69) is 5.10 Å². The lowest BCUT2D eigenvalue weighted by molar-refractivity contribution is 0.481. The van der Waals surface area contributed by atoms with Gasteiger partial charge in [0, 0.05) is 18.3 Å². The second kappa shape index (κ2) is 4.88. The minimum Gasteiger partial charge on any atom is -0.267 e. The molecular formula is C8H15FN2. The molecule has 0 aromatic carbocycles. The van der Waals surface area contributed by atoms with Crippen LogP contribution in [0.2, 0.25) is 0 Å². The van der Waals surface area contributed by atoms with E-state index in [0.29, 0.717) is 0 Å². The molecule has 1 rings (SSSR count). The Morgan fingerprint density at radius 2 is 2.00 bits per heavy atom. The van der Waals surface area contributed by atoms with Crippen LogP contribution in [0.1, 0.15) is 33.7 Å². The fraction of sp³-hybridized carbons (Fsp3) is 0.625. The Morgan fingerprint density at radius 1 is 1.45 bits per heavy atom. The van der Waals surface area contributed by atoms with Gasteiger partial charge in [0.2, 0.25) is 5.95 Å². The van der Waals surface area contributed by atoms with Crippen LogP contribution in [0.25, 0.3) is 0 Å². The first-order valence-corrected chi connectivity index (χ1v) is 3.91. The van der Waals surface area contributed by atoms with Crippen molar-refractivity contribution in [2.24, 2.45) is 0 Å². The maximum atomic E-state index is 12.2. The normalized spacial score (nSPS) is 9.27. The lowest BCUT2D eigenvalue weighted by Gasteiger charge is -2.01. The number of rotatable bonds is 1. The minimum atomic E-state index is -0.413. The lowest BCUT2D eigenvalue weighted by Crippen LogP contribution is -2.00. The van der Waals surface area contributed by atoms with Crippen molar-refractivity contribution in [3.8, 4) is 0 Å². The molecule has 0 N–H and O–H groups in total. The van der Waals surface area contributed by atoms with Gasteiger partial charge >= 0.3 is 0 Å². The average Bonchev–Trinajstić information content (AvgIpc) is 2.40. The number of hydrogen-bond acceptors (Lipinski definition) is 1. The molecule has 1 aromatic heterocycles. The highest BCUT2D eigenvalue weighted by Crippen LogP contribution is 2.01. The first kappa shape index (κ1) is 10.1. The Kier molecular flexibility index (Phi) is 4.50. The molecule has 0 spiro atoms. The molecule has 0 aliphatic rings. The average molecular weight is 158 g/mol. The standard InChI is InChI=1S/C6H9FN2.C2H6/c1-5(2)9-4-3-6(7)8-9;1-2/h3-5H,1-2H3;1-2H3. The Hall–Kier alpha value is -0.860. The molecule has 2 nitrogen and oxygen atoms in total. The molecule has 1 heterocycles. The molecule has 0 aliphatic carbocycles. The maximum absolute atomic E-state index is 12.2. The molecule has 0 saturated heterocycles. The van der Waals surface area contributed by atoms with Gasteiger partial charge in [-0.2, -0.15) is 4.39 Å². The molecule has 3 heteroatoms. The molecule has 0 radical (unpaired) electrons. The third-order valence-electron chi connectivity index (χ3n) is 1.10. The van der Waals surface area contributed by atoms with Gasteiger partial charge in [-0.3, -0.25) is 4.68 Å². The zero-order valence-electron chi connectivity index (χ0n) is 7.50. The largest absolute Gasteiger partial charge is 0.267 e. The van der Waals surface area contributed by atoms with Gasteiger partial charge in [0.15, 0.2) is 0 Å². The summed E-state index contributed by atoms with van der Waals surface area (Å²) in [5.41, 5.74) is 0. The molecule has 0 amide bonds. The second-order valence-electron chi connectivity index (χ2n) is 2.21. The SMILES string of the molecule is CC.CC(C)n1ccc(F)n1. The van der Waals surface area contributed by atoms with Crippen molar-refractivity contribution in [1.29, 1.82) is 0 Å². The van der Waals surface area contributed by atoms with Crippen LogP contribution in [0.3, 0.4) is 0 Å². The summed E-state index contributed by atoms with van der Waals surface area (Å²) in [6, 6.07) is 1.59. The van der Waals surface area contributed by atoms with Gasteiger partial charge in [0.1, 0.15) is 0 Å². The van der Waals surface area contributed by atoms with Gasteiger partial charge in [-0.15, -0.1) is 5.10 Å². The molecule has 11 heavy (non-hydrogen) atoms. The highest BCUT2D eigenvalue weighted by molar-refractivity contribution is 4.83. The number of halogens is 1. The van der Waals surface area contributed by atoms with Gasteiger partial charge in [-0.25, -0.2) is 0 Å². The molecule has 64 valence electrons. The smallest absolute Gasteiger partial charge is 0.232 e. The minimum absolute atomic E-state index is 0.245. The van der Waals surface area contributed by atoms with E-state index >= 15 is 0 Å². The van der Waals surface area contributed by atoms with Crippen molar-refractivity contribution in [3.63, 3.8) is 0 Å². The molecule has 0 atom stereocenters. The molecular weight excluding hydrogens is 143 g/mol. The first-order chi connectivity index (χ1) is 5.20. The van der Waals surface area contributed by atoms with Crippen molar-refractivity contribution < 1.29 is 4.39 Å². The zero-order chi connectivity index (χ0) is 8.85. The quantitative estimate of drug-likeness (QED) is 0.614. The van der Waals surface area contributed by atoms with E-state index in [-0.39, 0.29) is 6.04 Å². The fourth-order valence-electron chi connectivity index (χ4n) is 0.602. The summed E-state index contributed by atoms with van der Waals surface area (Å²) in [5.74, 6) is -0.413. The first-order valence-electron chi connectivity index (χ1n) is 3.91. The Morgan fingerprint density at radius 3 is 2.18 bits per heavy atom. The highest BCUT2D eigenvalue weighted by Gasteiger charge is 1.98. The number of nitrogens with zero attached hydrogens (tertiary/aromatic N) is 2. The van der Waals surface area contributed by atoms with Crippen LogP contribution < -0.4 is 0 Å². The van der Waals surface area contributed by atoms with Crippen LogP contribution in [-0.2, 0) is 0 Å². The third kappa shape index (κ3) is 3.16. The molecule has 0 fully saturated rings. The summed E-state index contributed by atoms with van der Waals surface area (Å²) in [4.78, 5) is 0. The van der Waals surface area contributed by atoms with E-state index in [4.69, 9.17) is 0 Å². The van der Waals surface area contributed by atoms with Crippen LogP contribution in [-0.4, -0.2) is 9.78 Å². The second-order valence-corrected chi connectivity index (χ2v) is 2.21. The third-order valence-corrected chi connectivity index (χ3v) is 1.10. The van der Waals surface area contributed by atoms with Gasteiger partial charge in [0.05, 0.1) is 0 Å². The summed E-state index contributed by atoms with van der Waals surface area (Å²) in [5, 5.41) is 3.56.